The van der Waals surface area contributed by atoms with Gasteiger partial charge in [0.15, 0.2) is 0 Å². The van der Waals surface area contributed by atoms with Crippen LogP contribution < -0.4 is 0 Å². The van der Waals surface area contributed by atoms with Crippen LogP contribution in [0.3, 0.4) is 0 Å². The summed E-state index contributed by atoms with van der Waals surface area (Å²) in [6, 6.07) is 7.43. The van der Waals surface area contributed by atoms with Crippen molar-refractivity contribution in [2.24, 2.45) is 0 Å². The number of carbonyl (C=O) groups excluding carboxylic acids is 1. The van der Waals surface area contributed by atoms with E-state index in [9.17, 15) is 14.7 Å². The van der Waals surface area contributed by atoms with Crippen molar-refractivity contribution in [3.8, 4) is 0 Å². The molecule has 1 aliphatic rings. The van der Waals surface area contributed by atoms with E-state index in [1.807, 2.05) is 31.2 Å². The summed E-state index contributed by atoms with van der Waals surface area (Å²) in [5.41, 5.74) is 0.576. The van der Waals surface area contributed by atoms with E-state index in [4.69, 9.17) is 4.74 Å². The fraction of sp³-hybridized carbons (Fsp3) is 0.467. The third-order valence-corrected chi connectivity index (χ3v) is 3.90. The first-order valence-corrected chi connectivity index (χ1v) is 6.45. The highest BCUT2D eigenvalue weighted by Gasteiger charge is 2.53. The monoisotopic (exact) mass is 262 g/mol. The molecule has 2 unspecified atom stereocenters. The van der Waals surface area contributed by atoms with Crippen LogP contribution in [-0.2, 0) is 19.7 Å². The molecular weight excluding hydrogens is 244 g/mol. The maximum atomic E-state index is 11.9. The van der Waals surface area contributed by atoms with Crippen molar-refractivity contribution >= 4 is 11.9 Å². The Kier molecular flexibility index (Phi) is 3.60. The number of esters is 1. The lowest BCUT2D eigenvalue weighted by molar-refractivity contribution is -0.157. The number of ether oxygens (including phenoxy) is 1. The van der Waals surface area contributed by atoms with Crippen molar-refractivity contribution in [2.75, 3.05) is 0 Å². The minimum atomic E-state index is -1.10. The Morgan fingerprint density at radius 1 is 1.37 bits per heavy atom. The molecule has 102 valence electrons. The number of benzene rings is 1. The van der Waals surface area contributed by atoms with Gasteiger partial charge in [-0.05, 0) is 37.3 Å². The van der Waals surface area contributed by atoms with Crippen molar-refractivity contribution in [1.82, 2.24) is 0 Å². The molecule has 19 heavy (non-hydrogen) atoms. The zero-order valence-electron chi connectivity index (χ0n) is 11.2. The van der Waals surface area contributed by atoms with Crippen molar-refractivity contribution in [3.05, 3.63) is 35.4 Å². The average molecular weight is 262 g/mol. The largest absolute Gasteiger partial charge is 0.480 e. The first-order valence-electron chi connectivity index (χ1n) is 6.45. The topological polar surface area (TPSA) is 63.6 Å². The number of hydrogen-bond donors (Lipinski definition) is 1. The van der Waals surface area contributed by atoms with Crippen LogP contribution in [0.1, 0.15) is 37.3 Å². The molecule has 0 aliphatic heterocycles. The molecule has 4 heteroatoms. The number of carboxylic acids is 1. The molecule has 2 atom stereocenters. The Labute approximate surface area is 112 Å². The van der Waals surface area contributed by atoms with Crippen LogP contribution in [0.25, 0.3) is 0 Å². The molecule has 0 aromatic heterocycles. The minimum Gasteiger partial charge on any atom is -0.480 e. The van der Waals surface area contributed by atoms with Gasteiger partial charge in [-0.15, -0.1) is 0 Å². The standard InChI is InChI=1S/C15H18O4/c1-10-6-3-4-7-12(10)15(14(17)18)9-5-8-13(15)19-11(2)16/h3-4,6-7,13H,5,8-9H2,1-2H3,(H,17,18). The third-order valence-electron chi connectivity index (χ3n) is 3.90. The molecule has 1 aromatic carbocycles. The molecule has 0 bridgehead atoms. The molecule has 1 fully saturated rings. The van der Waals surface area contributed by atoms with E-state index in [1.54, 1.807) is 0 Å². The molecule has 0 spiro atoms. The Morgan fingerprint density at radius 3 is 2.63 bits per heavy atom. The van der Waals surface area contributed by atoms with Crippen molar-refractivity contribution in [2.45, 2.75) is 44.6 Å². The Balaban J connectivity index is 2.52. The summed E-state index contributed by atoms with van der Waals surface area (Å²) < 4.78 is 5.28. The van der Waals surface area contributed by atoms with Gasteiger partial charge in [-0.2, -0.15) is 0 Å². The van der Waals surface area contributed by atoms with Crippen LogP contribution in [-0.4, -0.2) is 23.1 Å². The van der Waals surface area contributed by atoms with Crippen LogP contribution in [0.2, 0.25) is 0 Å². The van der Waals surface area contributed by atoms with Crippen LogP contribution in [0, 0.1) is 6.92 Å². The van der Waals surface area contributed by atoms with E-state index >= 15 is 0 Å². The highest BCUT2D eigenvalue weighted by atomic mass is 16.5. The van der Waals surface area contributed by atoms with Gasteiger partial charge in [0.1, 0.15) is 11.5 Å². The maximum absolute atomic E-state index is 11.9. The number of carbonyl (C=O) groups is 2. The van der Waals surface area contributed by atoms with Crippen LogP contribution >= 0.6 is 0 Å². The van der Waals surface area contributed by atoms with E-state index in [2.05, 4.69) is 0 Å². The molecule has 2 rings (SSSR count). The van der Waals surface area contributed by atoms with Gasteiger partial charge in [0.05, 0.1) is 0 Å². The summed E-state index contributed by atoms with van der Waals surface area (Å²) in [7, 11) is 0. The lowest BCUT2D eigenvalue weighted by atomic mass is 9.75. The van der Waals surface area contributed by atoms with Gasteiger partial charge in [0.2, 0.25) is 0 Å². The van der Waals surface area contributed by atoms with Crippen molar-refractivity contribution in [3.63, 3.8) is 0 Å². The molecule has 1 aliphatic carbocycles. The van der Waals surface area contributed by atoms with E-state index < -0.39 is 23.5 Å². The van der Waals surface area contributed by atoms with Gasteiger partial charge in [0.25, 0.3) is 0 Å². The second-order valence-electron chi connectivity index (χ2n) is 5.08. The van der Waals surface area contributed by atoms with Gasteiger partial charge in [-0.25, -0.2) is 0 Å². The predicted octanol–water partition coefficient (Wildman–Crippen LogP) is 2.43. The van der Waals surface area contributed by atoms with Gasteiger partial charge >= 0.3 is 11.9 Å². The van der Waals surface area contributed by atoms with Crippen LogP contribution in [0.5, 0.6) is 0 Å². The molecule has 0 radical (unpaired) electrons. The van der Waals surface area contributed by atoms with Crippen molar-refractivity contribution in [1.29, 1.82) is 0 Å². The summed E-state index contributed by atoms with van der Waals surface area (Å²) in [6.45, 7) is 3.21. The Hall–Kier alpha value is -1.84. The summed E-state index contributed by atoms with van der Waals surface area (Å²) in [5, 5.41) is 9.73. The zero-order chi connectivity index (χ0) is 14.0. The zero-order valence-corrected chi connectivity index (χ0v) is 11.2. The van der Waals surface area contributed by atoms with Gasteiger partial charge in [0, 0.05) is 6.92 Å². The predicted molar refractivity (Wildman–Crippen MR) is 69.9 cm³/mol. The molecule has 1 N–H and O–H groups in total. The average Bonchev–Trinajstić information content (AvgIpc) is 2.73. The summed E-state index contributed by atoms with van der Waals surface area (Å²) in [4.78, 5) is 23.1. The Morgan fingerprint density at radius 2 is 2.05 bits per heavy atom. The SMILES string of the molecule is CC(=O)OC1CCCC1(C(=O)O)c1ccccc1C. The van der Waals surface area contributed by atoms with Gasteiger partial charge in [-0.3, -0.25) is 9.59 Å². The molecule has 4 nitrogen and oxygen atoms in total. The highest BCUT2D eigenvalue weighted by Crippen LogP contribution is 2.44. The third kappa shape index (κ3) is 2.23. The lowest BCUT2D eigenvalue weighted by Crippen LogP contribution is -2.45. The number of aryl methyl sites for hydroxylation is 1. The summed E-state index contributed by atoms with van der Waals surface area (Å²) in [5.74, 6) is -1.34. The number of aliphatic carboxylic acids is 1. The smallest absolute Gasteiger partial charge is 0.317 e. The molecule has 0 saturated heterocycles. The fourth-order valence-electron chi connectivity index (χ4n) is 3.07. The Bertz CT molecular complexity index is 509. The first kappa shape index (κ1) is 13.6. The number of hydrogen-bond acceptors (Lipinski definition) is 3. The van der Waals surface area contributed by atoms with E-state index in [0.717, 1.165) is 17.5 Å². The van der Waals surface area contributed by atoms with Crippen LogP contribution in [0.4, 0.5) is 0 Å². The van der Waals surface area contributed by atoms with Crippen LogP contribution in [0.15, 0.2) is 24.3 Å². The van der Waals surface area contributed by atoms with Gasteiger partial charge < -0.3 is 9.84 Å². The maximum Gasteiger partial charge on any atom is 0.317 e. The van der Waals surface area contributed by atoms with E-state index in [0.29, 0.717) is 12.8 Å². The second-order valence-corrected chi connectivity index (χ2v) is 5.08. The number of carboxylic acid groups (broad SMARTS) is 1. The highest BCUT2D eigenvalue weighted by molar-refractivity contribution is 5.84. The normalized spacial score (nSPS) is 26.1. The lowest BCUT2D eigenvalue weighted by Gasteiger charge is -2.32. The van der Waals surface area contributed by atoms with Gasteiger partial charge in [-0.1, -0.05) is 24.3 Å². The molecule has 0 amide bonds. The summed E-state index contributed by atoms with van der Waals surface area (Å²) >= 11 is 0. The molecule has 1 aromatic rings. The minimum absolute atomic E-state index is 0.425. The molecular formula is C15H18O4. The van der Waals surface area contributed by atoms with Crippen molar-refractivity contribution < 1.29 is 19.4 Å². The second kappa shape index (κ2) is 5.03. The quantitative estimate of drug-likeness (QED) is 0.850. The van der Waals surface area contributed by atoms with E-state index in [1.165, 1.54) is 6.92 Å². The first-order chi connectivity index (χ1) is 8.98. The van der Waals surface area contributed by atoms with E-state index in [-0.39, 0.29) is 0 Å². The molecule has 1 saturated carbocycles. The summed E-state index contributed by atoms with van der Waals surface area (Å²) in [6.07, 6.45) is 1.27. The number of rotatable bonds is 3. The fourth-order valence-corrected chi connectivity index (χ4v) is 3.07. The molecule has 0 heterocycles.